The van der Waals surface area contributed by atoms with Crippen LogP contribution in [-0.2, 0) is 11.0 Å². The van der Waals surface area contributed by atoms with Gasteiger partial charge in [-0.05, 0) is 47.5 Å². The maximum Gasteiger partial charge on any atom is 0.416 e. The number of carbonyl (C=O) groups excluding carboxylic acids is 1. The minimum Gasteiger partial charge on any atom is -0.497 e. The van der Waals surface area contributed by atoms with Gasteiger partial charge in [-0.25, -0.2) is 0 Å². The van der Waals surface area contributed by atoms with E-state index in [1.807, 2.05) is 30.3 Å². The van der Waals surface area contributed by atoms with Gasteiger partial charge in [-0.15, -0.1) is 0 Å². The van der Waals surface area contributed by atoms with Crippen molar-refractivity contribution in [1.82, 2.24) is 0 Å². The zero-order valence-electron chi connectivity index (χ0n) is 16.6. The number of carbonyl (C=O) groups is 1. The zero-order valence-corrected chi connectivity index (χ0v) is 16.6. The highest BCUT2D eigenvalue weighted by atomic mass is 19.4. The van der Waals surface area contributed by atoms with Gasteiger partial charge in [-0.2, -0.15) is 13.2 Å². The number of hydrogen-bond donors (Lipinski definition) is 0. The van der Waals surface area contributed by atoms with Crippen molar-refractivity contribution in [3.05, 3.63) is 95.6 Å². The molecule has 1 aliphatic heterocycles. The van der Waals surface area contributed by atoms with E-state index < -0.39 is 23.8 Å². The first kappa shape index (κ1) is 20.7. The SMILES string of the molecule is COc1ccc(N2C(=O)[C@H](N=Cc3ccccc3)[C@H]2c2ccc(C(F)(F)F)cc2)cc1. The third-order valence-electron chi connectivity index (χ3n) is 5.18. The fraction of sp³-hybridized carbons (Fsp3) is 0.167. The molecule has 0 radical (unpaired) electrons. The highest BCUT2D eigenvalue weighted by Gasteiger charge is 2.49. The van der Waals surface area contributed by atoms with Crippen LogP contribution in [0.5, 0.6) is 5.75 Å². The van der Waals surface area contributed by atoms with Gasteiger partial charge in [0.1, 0.15) is 5.75 Å². The molecule has 0 aliphatic carbocycles. The summed E-state index contributed by atoms with van der Waals surface area (Å²) in [6.45, 7) is 0. The second kappa shape index (κ2) is 8.26. The first-order valence-electron chi connectivity index (χ1n) is 9.61. The summed E-state index contributed by atoms with van der Waals surface area (Å²) < 4.78 is 44.1. The number of aliphatic imine (C=N–C) groups is 1. The van der Waals surface area contributed by atoms with Crippen LogP contribution in [0.1, 0.15) is 22.7 Å². The molecular formula is C24H19F3N2O2. The van der Waals surface area contributed by atoms with E-state index in [2.05, 4.69) is 4.99 Å². The molecule has 0 spiro atoms. The summed E-state index contributed by atoms with van der Waals surface area (Å²) in [6, 6.07) is 19.9. The Morgan fingerprint density at radius 2 is 1.58 bits per heavy atom. The number of halogens is 3. The standard InChI is InChI=1S/C24H19F3N2O2/c1-31-20-13-11-19(12-14-20)29-22(17-7-9-18(10-8-17)24(25,26)27)21(23(29)30)28-15-16-5-3-2-4-6-16/h2-15,21-22H,1H3/t21-,22-/m1/s1. The number of rotatable bonds is 5. The van der Waals surface area contributed by atoms with Crippen molar-refractivity contribution < 1.29 is 22.7 Å². The second-order valence-electron chi connectivity index (χ2n) is 7.10. The summed E-state index contributed by atoms with van der Waals surface area (Å²) in [4.78, 5) is 19.0. The van der Waals surface area contributed by atoms with Crippen LogP contribution >= 0.6 is 0 Å². The molecule has 1 aliphatic rings. The molecule has 0 unspecified atom stereocenters. The van der Waals surface area contributed by atoms with E-state index >= 15 is 0 Å². The molecule has 4 rings (SSSR count). The molecule has 4 nitrogen and oxygen atoms in total. The largest absolute Gasteiger partial charge is 0.497 e. The van der Waals surface area contributed by atoms with Crippen molar-refractivity contribution in [3.8, 4) is 5.75 Å². The predicted octanol–water partition coefficient (Wildman–Crippen LogP) is 5.29. The van der Waals surface area contributed by atoms with E-state index in [-0.39, 0.29) is 5.91 Å². The molecule has 1 saturated heterocycles. The Morgan fingerprint density at radius 3 is 2.16 bits per heavy atom. The molecule has 1 fully saturated rings. The molecule has 1 amide bonds. The van der Waals surface area contributed by atoms with Crippen molar-refractivity contribution in [2.45, 2.75) is 18.3 Å². The summed E-state index contributed by atoms with van der Waals surface area (Å²) in [6.07, 6.45) is -2.81. The summed E-state index contributed by atoms with van der Waals surface area (Å²) in [5, 5.41) is 0. The van der Waals surface area contributed by atoms with Gasteiger partial charge in [0.2, 0.25) is 0 Å². The molecule has 7 heteroatoms. The molecular weight excluding hydrogens is 405 g/mol. The van der Waals surface area contributed by atoms with Crippen LogP contribution in [-0.4, -0.2) is 25.3 Å². The third-order valence-corrected chi connectivity index (χ3v) is 5.18. The number of amides is 1. The minimum atomic E-state index is -4.42. The van der Waals surface area contributed by atoms with Gasteiger partial charge in [0.25, 0.3) is 5.91 Å². The molecule has 0 N–H and O–H groups in total. The number of nitrogens with zero attached hydrogens (tertiary/aromatic N) is 2. The lowest BCUT2D eigenvalue weighted by molar-refractivity contribution is -0.137. The average molecular weight is 424 g/mol. The summed E-state index contributed by atoms with van der Waals surface area (Å²) in [5.74, 6) is 0.420. The van der Waals surface area contributed by atoms with Crippen molar-refractivity contribution in [2.75, 3.05) is 12.0 Å². The van der Waals surface area contributed by atoms with E-state index in [9.17, 15) is 18.0 Å². The maximum atomic E-state index is 13.0. The fourth-order valence-electron chi connectivity index (χ4n) is 3.56. The Kier molecular flexibility index (Phi) is 5.50. The lowest BCUT2D eigenvalue weighted by Gasteiger charge is -2.45. The van der Waals surface area contributed by atoms with Crippen LogP contribution in [0.2, 0.25) is 0 Å². The van der Waals surface area contributed by atoms with E-state index in [0.717, 1.165) is 17.7 Å². The average Bonchev–Trinajstić information content (AvgIpc) is 2.78. The smallest absolute Gasteiger partial charge is 0.416 e. The van der Waals surface area contributed by atoms with Gasteiger partial charge in [-0.1, -0.05) is 42.5 Å². The van der Waals surface area contributed by atoms with E-state index in [1.54, 1.807) is 42.5 Å². The van der Waals surface area contributed by atoms with Gasteiger partial charge in [-0.3, -0.25) is 9.79 Å². The number of benzene rings is 3. The molecule has 31 heavy (non-hydrogen) atoms. The lowest BCUT2D eigenvalue weighted by Crippen LogP contribution is -2.58. The first-order valence-corrected chi connectivity index (χ1v) is 9.61. The van der Waals surface area contributed by atoms with E-state index in [4.69, 9.17) is 4.74 Å². The second-order valence-corrected chi connectivity index (χ2v) is 7.10. The minimum absolute atomic E-state index is 0.220. The molecule has 158 valence electrons. The molecule has 3 aromatic rings. The summed E-state index contributed by atoms with van der Waals surface area (Å²) in [7, 11) is 1.54. The number of hydrogen-bond acceptors (Lipinski definition) is 3. The van der Waals surface area contributed by atoms with E-state index in [1.165, 1.54) is 12.1 Å². The Bertz CT molecular complexity index is 1080. The molecule has 1 heterocycles. The molecule has 3 aromatic carbocycles. The van der Waals surface area contributed by atoms with Crippen LogP contribution in [0, 0.1) is 0 Å². The third kappa shape index (κ3) is 4.17. The maximum absolute atomic E-state index is 13.0. The van der Waals surface area contributed by atoms with Crippen LogP contribution in [0.3, 0.4) is 0 Å². The Balaban J connectivity index is 1.68. The lowest BCUT2D eigenvalue weighted by atomic mass is 9.87. The van der Waals surface area contributed by atoms with Crippen molar-refractivity contribution in [3.63, 3.8) is 0 Å². The predicted molar refractivity (Wildman–Crippen MR) is 112 cm³/mol. The van der Waals surface area contributed by atoms with Crippen LogP contribution in [0.4, 0.5) is 18.9 Å². The van der Waals surface area contributed by atoms with Crippen LogP contribution < -0.4 is 9.64 Å². The van der Waals surface area contributed by atoms with Crippen molar-refractivity contribution in [2.24, 2.45) is 4.99 Å². The van der Waals surface area contributed by atoms with Gasteiger partial charge in [0.15, 0.2) is 6.04 Å². The zero-order chi connectivity index (χ0) is 22.0. The first-order chi connectivity index (χ1) is 14.9. The monoisotopic (exact) mass is 424 g/mol. The van der Waals surface area contributed by atoms with Gasteiger partial charge >= 0.3 is 6.18 Å². The topological polar surface area (TPSA) is 41.9 Å². The van der Waals surface area contributed by atoms with Gasteiger partial charge in [0, 0.05) is 11.9 Å². The highest BCUT2D eigenvalue weighted by molar-refractivity contribution is 6.07. The Hall–Kier alpha value is -3.61. The van der Waals surface area contributed by atoms with Crippen LogP contribution in [0.15, 0.2) is 83.9 Å². The number of methoxy groups -OCH3 is 1. The Morgan fingerprint density at radius 1 is 0.935 bits per heavy atom. The van der Waals surface area contributed by atoms with Gasteiger partial charge < -0.3 is 9.64 Å². The molecule has 0 aromatic heterocycles. The van der Waals surface area contributed by atoms with Crippen molar-refractivity contribution in [1.29, 1.82) is 0 Å². The van der Waals surface area contributed by atoms with Gasteiger partial charge in [0.05, 0.1) is 18.7 Å². The van der Waals surface area contributed by atoms with Crippen molar-refractivity contribution >= 4 is 17.8 Å². The molecule has 0 bridgehead atoms. The number of β-lactam (4-membered cyclic amide) rings is 1. The number of anilines is 1. The number of ether oxygens (including phenoxy) is 1. The summed E-state index contributed by atoms with van der Waals surface area (Å²) in [5.41, 5.74) is 1.31. The highest BCUT2D eigenvalue weighted by Crippen LogP contribution is 2.42. The normalized spacial score (nSPS) is 18.8. The molecule has 0 saturated carbocycles. The molecule has 2 atom stereocenters. The summed E-state index contributed by atoms with van der Waals surface area (Å²) >= 11 is 0. The van der Waals surface area contributed by atoms with E-state index in [0.29, 0.717) is 17.0 Å². The van der Waals surface area contributed by atoms with Crippen LogP contribution in [0.25, 0.3) is 0 Å². The quantitative estimate of drug-likeness (QED) is 0.413. The Labute approximate surface area is 177 Å². The number of alkyl halides is 3. The fourth-order valence-corrected chi connectivity index (χ4v) is 3.56.